The van der Waals surface area contributed by atoms with Crippen molar-refractivity contribution in [2.24, 2.45) is 17.8 Å². The van der Waals surface area contributed by atoms with Crippen LogP contribution in [0.5, 0.6) is 11.5 Å². The van der Waals surface area contributed by atoms with Crippen LogP contribution in [0.4, 0.5) is 4.39 Å². The first-order valence-electron chi connectivity index (χ1n) is 10.7. The summed E-state index contributed by atoms with van der Waals surface area (Å²) in [6, 6.07) is 12.9. The van der Waals surface area contributed by atoms with Crippen LogP contribution in [0.3, 0.4) is 0 Å². The molecule has 160 valence electrons. The highest BCUT2D eigenvalue weighted by molar-refractivity contribution is 5.73. The van der Waals surface area contributed by atoms with Gasteiger partial charge in [-0.05, 0) is 78.5 Å². The summed E-state index contributed by atoms with van der Waals surface area (Å²) in [5.41, 5.74) is 1.83. The summed E-state index contributed by atoms with van der Waals surface area (Å²) in [5, 5.41) is 0. The van der Waals surface area contributed by atoms with Crippen molar-refractivity contribution in [1.29, 1.82) is 0 Å². The van der Waals surface area contributed by atoms with Gasteiger partial charge in [-0.25, -0.2) is 4.39 Å². The second-order valence-electron chi connectivity index (χ2n) is 8.55. The second kappa shape index (κ2) is 8.66. The Bertz CT molecular complexity index is 908. The Hall–Kier alpha value is -2.56. The minimum atomic E-state index is -0.186. The van der Waals surface area contributed by atoms with Crippen LogP contribution in [-0.2, 0) is 9.53 Å². The van der Waals surface area contributed by atoms with Crippen LogP contribution in [0.25, 0.3) is 0 Å². The van der Waals surface area contributed by atoms with E-state index in [-0.39, 0.29) is 29.5 Å². The Kier molecular flexibility index (Phi) is 5.98. The van der Waals surface area contributed by atoms with Crippen LogP contribution in [0.1, 0.15) is 49.1 Å². The van der Waals surface area contributed by atoms with Crippen molar-refractivity contribution >= 4 is 5.97 Å². The molecule has 2 aliphatic rings. The lowest BCUT2D eigenvalue weighted by molar-refractivity contribution is -0.145. The zero-order valence-electron chi connectivity index (χ0n) is 17.8. The highest BCUT2D eigenvalue weighted by atomic mass is 19.1. The molecule has 0 aliphatic heterocycles. The average molecular weight is 413 g/mol. The lowest BCUT2D eigenvalue weighted by atomic mass is 9.83. The van der Waals surface area contributed by atoms with E-state index in [0.29, 0.717) is 29.8 Å². The molecule has 4 nitrogen and oxygen atoms in total. The number of carbonyl (C=O) groups is 1. The highest BCUT2D eigenvalue weighted by Crippen LogP contribution is 2.50. The van der Waals surface area contributed by atoms with Gasteiger partial charge in [-0.2, -0.15) is 0 Å². The Balaban J connectivity index is 1.40. The number of rotatable bonds is 9. The molecule has 2 aromatic rings. The summed E-state index contributed by atoms with van der Waals surface area (Å²) in [7, 11) is 3.03. The largest absolute Gasteiger partial charge is 0.497 e. The number of methoxy groups -OCH3 is 2. The summed E-state index contributed by atoms with van der Waals surface area (Å²) in [5.74, 6) is 2.09. The van der Waals surface area contributed by atoms with Gasteiger partial charge in [-0.3, -0.25) is 4.79 Å². The van der Waals surface area contributed by atoms with E-state index >= 15 is 0 Å². The molecule has 5 heteroatoms. The molecule has 2 saturated carbocycles. The molecule has 30 heavy (non-hydrogen) atoms. The van der Waals surface area contributed by atoms with Crippen molar-refractivity contribution in [3.05, 3.63) is 59.4 Å². The summed E-state index contributed by atoms with van der Waals surface area (Å²) < 4.78 is 30.5. The zero-order chi connectivity index (χ0) is 21.3. The molecule has 0 radical (unpaired) electrons. The molecular formula is C25H29FO4. The summed E-state index contributed by atoms with van der Waals surface area (Å²) >= 11 is 0. The zero-order valence-corrected chi connectivity index (χ0v) is 17.8. The molecule has 2 aromatic carbocycles. The first-order chi connectivity index (χ1) is 14.5. The molecule has 0 heterocycles. The van der Waals surface area contributed by atoms with Crippen LogP contribution in [0.15, 0.2) is 42.5 Å². The van der Waals surface area contributed by atoms with Crippen LogP contribution < -0.4 is 9.47 Å². The van der Waals surface area contributed by atoms with E-state index in [1.165, 1.54) is 13.2 Å². The fourth-order valence-corrected chi connectivity index (χ4v) is 4.52. The van der Waals surface area contributed by atoms with E-state index in [2.05, 4.69) is 6.07 Å². The van der Waals surface area contributed by atoms with Crippen molar-refractivity contribution in [2.45, 2.75) is 38.0 Å². The van der Waals surface area contributed by atoms with E-state index in [4.69, 9.17) is 14.2 Å². The summed E-state index contributed by atoms with van der Waals surface area (Å²) in [4.78, 5) is 12.1. The maximum Gasteiger partial charge on any atom is 0.309 e. The molecule has 4 rings (SSSR count). The number of hydrogen-bond acceptors (Lipinski definition) is 4. The Labute approximate surface area is 177 Å². The number of halogens is 1. The first-order valence-corrected chi connectivity index (χ1v) is 10.7. The Morgan fingerprint density at radius 2 is 1.93 bits per heavy atom. The third-order valence-corrected chi connectivity index (χ3v) is 6.47. The maximum absolute atomic E-state index is 14.2. The van der Waals surface area contributed by atoms with Crippen molar-refractivity contribution in [2.75, 3.05) is 20.8 Å². The van der Waals surface area contributed by atoms with Gasteiger partial charge < -0.3 is 14.2 Å². The molecule has 2 fully saturated rings. The fourth-order valence-electron chi connectivity index (χ4n) is 4.52. The molecule has 0 spiro atoms. The third-order valence-electron chi connectivity index (χ3n) is 6.47. The van der Waals surface area contributed by atoms with Crippen LogP contribution in [-0.4, -0.2) is 26.8 Å². The van der Waals surface area contributed by atoms with E-state index in [1.54, 1.807) is 19.2 Å². The smallest absolute Gasteiger partial charge is 0.309 e. The number of esters is 1. The number of carbonyl (C=O) groups excluding carboxylic acids is 1. The average Bonchev–Trinajstić information content (AvgIpc) is 3.68. The number of benzene rings is 2. The molecule has 0 aromatic heterocycles. The van der Waals surface area contributed by atoms with Gasteiger partial charge in [0.25, 0.3) is 0 Å². The standard InChI is InChI=1S/C25H29FO4/c1-15(25(27)29-3)24(16-7-8-16)17-5-4-6-20(11-17)30-14-18-12-21(18)22-13-19(28-2)9-10-23(22)26/h4-6,9-11,13,15-16,18,21,24H,7-8,12,14H2,1-3H3. The predicted octanol–water partition coefficient (Wildman–Crippen LogP) is 5.32. The van der Waals surface area contributed by atoms with E-state index in [0.717, 1.165) is 30.6 Å². The summed E-state index contributed by atoms with van der Waals surface area (Å²) in [6.45, 7) is 2.49. The molecule has 4 unspecified atom stereocenters. The third kappa shape index (κ3) is 4.45. The lowest BCUT2D eigenvalue weighted by Crippen LogP contribution is -2.22. The van der Waals surface area contributed by atoms with Gasteiger partial charge in [0.2, 0.25) is 0 Å². The normalized spacial score (nSPS) is 22.1. The Morgan fingerprint density at radius 3 is 2.63 bits per heavy atom. The van der Waals surface area contributed by atoms with Crippen molar-refractivity contribution in [1.82, 2.24) is 0 Å². The molecule has 4 atom stereocenters. The van der Waals surface area contributed by atoms with Crippen LogP contribution in [0, 0.1) is 23.6 Å². The van der Waals surface area contributed by atoms with Crippen molar-refractivity contribution < 1.29 is 23.4 Å². The van der Waals surface area contributed by atoms with Gasteiger partial charge in [0, 0.05) is 5.92 Å². The molecule has 0 bridgehead atoms. The second-order valence-corrected chi connectivity index (χ2v) is 8.55. The summed E-state index contributed by atoms with van der Waals surface area (Å²) in [6.07, 6.45) is 3.20. The lowest BCUT2D eigenvalue weighted by Gasteiger charge is -2.23. The van der Waals surface area contributed by atoms with E-state index in [1.807, 2.05) is 25.1 Å². The SMILES string of the molecule is COC(=O)C(C)C(c1cccc(OCC2CC2c2cc(OC)ccc2F)c1)C1CC1. The maximum atomic E-state index is 14.2. The minimum Gasteiger partial charge on any atom is -0.497 e. The van der Waals surface area contributed by atoms with Gasteiger partial charge in [0.05, 0.1) is 26.7 Å². The van der Waals surface area contributed by atoms with E-state index < -0.39 is 0 Å². The van der Waals surface area contributed by atoms with Crippen LogP contribution in [0.2, 0.25) is 0 Å². The fraction of sp³-hybridized carbons (Fsp3) is 0.480. The van der Waals surface area contributed by atoms with Gasteiger partial charge in [0.1, 0.15) is 17.3 Å². The van der Waals surface area contributed by atoms with Gasteiger partial charge >= 0.3 is 5.97 Å². The topological polar surface area (TPSA) is 44.8 Å². The van der Waals surface area contributed by atoms with Gasteiger partial charge in [0.15, 0.2) is 0 Å². The molecule has 0 amide bonds. The molecular weight excluding hydrogens is 383 g/mol. The predicted molar refractivity (Wildman–Crippen MR) is 112 cm³/mol. The first kappa shape index (κ1) is 20.7. The number of hydrogen-bond donors (Lipinski definition) is 0. The van der Waals surface area contributed by atoms with E-state index in [9.17, 15) is 9.18 Å². The van der Waals surface area contributed by atoms with Crippen LogP contribution >= 0.6 is 0 Å². The van der Waals surface area contributed by atoms with Gasteiger partial charge in [-0.15, -0.1) is 0 Å². The quantitative estimate of drug-likeness (QED) is 0.523. The molecule has 2 aliphatic carbocycles. The monoisotopic (exact) mass is 412 g/mol. The number of ether oxygens (including phenoxy) is 3. The Morgan fingerprint density at radius 1 is 1.13 bits per heavy atom. The highest BCUT2D eigenvalue weighted by Gasteiger charge is 2.41. The van der Waals surface area contributed by atoms with Crippen molar-refractivity contribution in [3.63, 3.8) is 0 Å². The molecule has 0 N–H and O–H groups in total. The molecule has 0 saturated heterocycles. The van der Waals surface area contributed by atoms with Crippen molar-refractivity contribution in [3.8, 4) is 11.5 Å². The minimum absolute atomic E-state index is 0.153. The van der Waals surface area contributed by atoms with Gasteiger partial charge in [-0.1, -0.05) is 19.1 Å².